The fourth-order valence-corrected chi connectivity index (χ4v) is 3.64. The number of carbonyl (C=O) groups is 1. The van der Waals surface area contributed by atoms with E-state index in [1.165, 1.54) is 24.0 Å². The number of piperazine rings is 1. The fourth-order valence-electron chi connectivity index (χ4n) is 3.64. The molecule has 2 aliphatic rings. The van der Waals surface area contributed by atoms with E-state index in [1.54, 1.807) is 0 Å². The predicted octanol–water partition coefficient (Wildman–Crippen LogP) is 2.32. The summed E-state index contributed by atoms with van der Waals surface area (Å²) in [6.45, 7) is 6.36. The van der Waals surface area contributed by atoms with Gasteiger partial charge in [0.1, 0.15) is 0 Å². The normalized spacial score (nSPS) is 18.9. The topological polar surface area (TPSA) is 47.6 Å². The molecule has 2 amide bonds. The third kappa shape index (κ3) is 4.71. The average molecular weight is 330 g/mol. The van der Waals surface area contributed by atoms with Gasteiger partial charge in [-0.3, -0.25) is 0 Å². The number of amides is 2. The third-order valence-electron chi connectivity index (χ3n) is 5.18. The maximum absolute atomic E-state index is 12.1. The summed E-state index contributed by atoms with van der Waals surface area (Å²) in [5.74, 6) is 0. The van der Waals surface area contributed by atoms with Crippen LogP contribution in [0.4, 0.5) is 10.5 Å². The van der Waals surface area contributed by atoms with Gasteiger partial charge in [0.15, 0.2) is 0 Å². The molecule has 5 heteroatoms. The standard InChI is InChI=1S/C19H30N4O/c1-22-12-14-23(15-13-22)11-5-10-20-19(24)21-18-9-4-7-16-6-2-3-8-17(16)18/h4,7,9H,2-3,5-6,8,10-15H2,1H3,(H2,20,21,24). The summed E-state index contributed by atoms with van der Waals surface area (Å²) < 4.78 is 0. The molecule has 1 saturated heterocycles. The Morgan fingerprint density at radius 1 is 1.12 bits per heavy atom. The molecule has 1 aliphatic heterocycles. The van der Waals surface area contributed by atoms with E-state index >= 15 is 0 Å². The average Bonchev–Trinajstić information content (AvgIpc) is 2.61. The molecule has 1 aromatic rings. The smallest absolute Gasteiger partial charge is 0.319 e. The highest BCUT2D eigenvalue weighted by Crippen LogP contribution is 2.27. The zero-order chi connectivity index (χ0) is 16.8. The van der Waals surface area contributed by atoms with Gasteiger partial charge in [0.05, 0.1) is 0 Å². The van der Waals surface area contributed by atoms with Gasteiger partial charge in [-0.15, -0.1) is 0 Å². The summed E-state index contributed by atoms with van der Waals surface area (Å²) in [5, 5.41) is 6.04. The molecule has 5 nitrogen and oxygen atoms in total. The van der Waals surface area contributed by atoms with Gasteiger partial charge >= 0.3 is 6.03 Å². The fraction of sp³-hybridized carbons (Fsp3) is 0.632. The number of nitrogens with zero attached hydrogens (tertiary/aromatic N) is 2. The number of aryl methyl sites for hydroxylation is 1. The number of rotatable bonds is 5. The number of hydrogen-bond acceptors (Lipinski definition) is 3. The van der Waals surface area contributed by atoms with Crippen molar-refractivity contribution in [1.82, 2.24) is 15.1 Å². The first-order chi connectivity index (χ1) is 11.7. The zero-order valence-corrected chi connectivity index (χ0v) is 14.8. The molecule has 0 aromatic heterocycles. The Balaban J connectivity index is 1.39. The van der Waals surface area contributed by atoms with Crippen molar-refractivity contribution < 1.29 is 4.79 Å². The molecule has 1 fully saturated rings. The molecule has 1 heterocycles. The maximum Gasteiger partial charge on any atom is 0.319 e. The van der Waals surface area contributed by atoms with Crippen molar-refractivity contribution in [2.45, 2.75) is 32.1 Å². The van der Waals surface area contributed by atoms with E-state index in [4.69, 9.17) is 0 Å². The van der Waals surface area contributed by atoms with Gasteiger partial charge in [-0.2, -0.15) is 0 Å². The maximum atomic E-state index is 12.1. The summed E-state index contributed by atoms with van der Waals surface area (Å²) in [5.41, 5.74) is 3.72. The van der Waals surface area contributed by atoms with Crippen molar-refractivity contribution in [1.29, 1.82) is 0 Å². The van der Waals surface area contributed by atoms with Crippen molar-refractivity contribution in [3.63, 3.8) is 0 Å². The van der Waals surface area contributed by atoms with Crippen LogP contribution >= 0.6 is 0 Å². The Hall–Kier alpha value is -1.59. The number of fused-ring (bicyclic) bond motifs is 1. The Kier molecular flexibility index (Phi) is 6.10. The highest BCUT2D eigenvalue weighted by Gasteiger charge is 2.15. The first-order valence-electron chi connectivity index (χ1n) is 9.29. The molecule has 1 aliphatic carbocycles. The van der Waals surface area contributed by atoms with Crippen LogP contribution in [0.25, 0.3) is 0 Å². The number of anilines is 1. The summed E-state index contributed by atoms with van der Waals surface area (Å²) in [4.78, 5) is 17.0. The molecule has 3 rings (SSSR count). The Bertz CT molecular complexity index is 552. The molecule has 0 saturated carbocycles. The summed E-state index contributed by atoms with van der Waals surface area (Å²) in [7, 11) is 2.17. The predicted molar refractivity (Wildman–Crippen MR) is 98.7 cm³/mol. The summed E-state index contributed by atoms with van der Waals surface area (Å²) in [6.07, 6.45) is 5.70. The van der Waals surface area contributed by atoms with Gasteiger partial charge < -0.3 is 20.4 Å². The van der Waals surface area contributed by atoms with Crippen LogP contribution in [-0.4, -0.2) is 62.1 Å². The molecule has 2 N–H and O–H groups in total. The number of urea groups is 1. The van der Waals surface area contributed by atoms with Crippen LogP contribution in [0.2, 0.25) is 0 Å². The van der Waals surface area contributed by atoms with E-state index in [2.05, 4.69) is 33.5 Å². The van der Waals surface area contributed by atoms with Crippen LogP contribution < -0.4 is 10.6 Å². The first-order valence-corrected chi connectivity index (χ1v) is 9.29. The van der Waals surface area contributed by atoms with Crippen LogP contribution in [0, 0.1) is 0 Å². The van der Waals surface area contributed by atoms with Crippen LogP contribution in [0.15, 0.2) is 18.2 Å². The van der Waals surface area contributed by atoms with Crippen LogP contribution in [-0.2, 0) is 12.8 Å². The van der Waals surface area contributed by atoms with Crippen molar-refractivity contribution in [3.05, 3.63) is 29.3 Å². The second-order valence-electron chi connectivity index (χ2n) is 7.03. The number of benzene rings is 1. The van der Waals surface area contributed by atoms with E-state index < -0.39 is 0 Å². The van der Waals surface area contributed by atoms with E-state index in [0.717, 1.165) is 64.2 Å². The molecular weight excluding hydrogens is 300 g/mol. The van der Waals surface area contributed by atoms with Crippen molar-refractivity contribution in [2.75, 3.05) is 51.6 Å². The van der Waals surface area contributed by atoms with Crippen LogP contribution in [0.5, 0.6) is 0 Å². The SMILES string of the molecule is CN1CCN(CCCNC(=O)Nc2cccc3c2CCCC3)CC1. The van der Waals surface area contributed by atoms with E-state index in [0.29, 0.717) is 0 Å². The third-order valence-corrected chi connectivity index (χ3v) is 5.18. The number of carbonyl (C=O) groups excluding carboxylic acids is 1. The highest BCUT2D eigenvalue weighted by atomic mass is 16.2. The van der Waals surface area contributed by atoms with Gasteiger partial charge in [0.2, 0.25) is 0 Å². The summed E-state index contributed by atoms with van der Waals surface area (Å²) in [6, 6.07) is 6.18. The minimum atomic E-state index is -0.0765. The molecule has 1 aromatic carbocycles. The number of nitrogens with one attached hydrogen (secondary N) is 2. The second-order valence-corrected chi connectivity index (χ2v) is 7.03. The van der Waals surface area contributed by atoms with Crippen LogP contribution in [0.1, 0.15) is 30.4 Å². The monoisotopic (exact) mass is 330 g/mol. The van der Waals surface area contributed by atoms with E-state index in [9.17, 15) is 4.79 Å². The second kappa shape index (κ2) is 8.49. The Morgan fingerprint density at radius 3 is 2.75 bits per heavy atom. The van der Waals surface area contributed by atoms with Gasteiger partial charge in [0, 0.05) is 38.4 Å². The Labute approximate surface area is 145 Å². The minimum absolute atomic E-state index is 0.0765. The lowest BCUT2D eigenvalue weighted by Crippen LogP contribution is -2.45. The zero-order valence-electron chi connectivity index (χ0n) is 14.8. The highest BCUT2D eigenvalue weighted by molar-refractivity contribution is 5.90. The van der Waals surface area contributed by atoms with Crippen LogP contribution in [0.3, 0.4) is 0 Å². The lowest BCUT2D eigenvalue weighted by atomic mass is 9.90. The quantitative estimate of drug-likeness (QED) is 0.815. The lowest BCUT2D eigenvalue weighted by molar-refractivity contribution is 0.153. The van der Waals surface area contributed by atoms with Gasteiger partial charge in [-0.05, 0) is 62.9 Å². The molecule has 0 unspecified atom stereocenters. The van der Waals surface area contributed by atoms with E-state index in [1.807, 2.05) is 12.1 Å². The molecule has 0 atom stereocenters. The van der Waals surface area contributed by atoms with Crippen molar-refractivity contribution >= 4 is 11.7 Å². The number of likely N-dealkylation sites (N-methyl/N-ethyl adjacent to an activating group) is 1. The molecule has 0 bridgehead atoms. The van der Waals surface area contributed by atoms with Crippen molar-refractivity contribution in [2.24, 2.45) is 0 Å². The molecular formula is C19H30N4O. The molecule has 0 radical (unpaired) electrons. The molecule has 0 spiro atoms. The van der Waals surface area contributed by atoms with Crippen molar-refractivity contribution in [3.8, 4) is 0 Å². The summed E-state index contributed by atoms with van der Waals surface area (Å²) >= 11 is 0. The Morgan fingerprint density at radius 2 is 1.92 bits per heavy atom. The minimum Gasteiger partial charge on any atom is -0.338 e. The van der Waals surface area contributed by atoms with E-state index in [-0.39, 0.29) is 6.03 Å². The first kappa shape index (κ1) is 17.2. The van der Waals surface area contributed by atoms with Gasteiger partial charge in [0.25, 0.3) is 0 Å². The lowest BCUT2D eigenvalue weighted by Gasteiger charge is -2.32. The molecule has 24 heavy (non-hydrogen) atoms. The largest absolute Gasteiger partial charge is 0.338 e. The number of hydrogen-bond donors (Lipinski definition) is 2. The van der Waals surface area contributed by atoms with Gasteiger partial charge in [-0.25, -0.2) is 4.79 Å². The van der Waals surface area contributed by atoms with Gasteiger partial charge in [-0.1, -0.05) is 12.1 Å². The molecule has 132 valence electrons.